The summed E-state index contributed by atoms with van der Waals surface area (Å²) in [5, 5.41) is 0. The highest BCUT2D eigenvalue weighted by molar-refractivity contribution is 7.72. The number of ether oxygens (including phenoxy) is 1. The van der Waals surface area contributed by atoms with Crippen molar-refractivity contribution < 1.29 is 17.9 Å². The molecule has 5 heteroatoms. The second-order valence-corrected chi connectivity index (χ2v) is 6.76. The van der Waals surface area contributed by atoms with Gasteiger partial charge in [0.25, 0.3) is 0 Å². The summed E-state index contributed by atoms with van der Waals surface area (Å²) in [6, 6.07) is 7.16. The molecule has 2 unspecified atom stereocenters. The molecule has 0 bridgehead atoms. The summed E-state index contributed by atoms with van der Waals surface area (Å²) in [5.74, 6) is -0.00152. The fourth-order valence-corrected chi connectivity index (χ4v) is 4.24. The number of carbonyl (C=O) groups excluding carboxylic acids is 1. The van der Waals surface area contributed by atoms with Gasteiger partial charge in [0.15, 0.2) is 0 Å². The summed E-state index contributed by atoms with van der Waals surface area (Å²) in [6.45, 7) is 6.25. The van der Waals surface area contributed by atoms with Gasteiger partial charge >= 0.3 is 5.97 Å². The predicted octanol–water partition coefficient (Wildman–Crippen LogP) is 3.17. The van der Waals surface area contributed by atoms with Crippen molar-refractivity contribution in [1.29, 1.82) is 0 Å². The molecule has 0 N–H and O–H groups in total. The van der Waals surface area contributed by atoms with Gasteiger partial charge in [-0.1, -0.05) is 45.7 Å². The molecule has 0 saturated carbocycles. The average molecular weight is 326 g/mol. The van der Waals surface area contributed by atoms with Crippen molar-refractivity contribution in [2.75, 3.05) is 12.9 Å². The Kier molecular flexibility index (Phi) is 7.07. The normalized spacial score (nSPS) is 15.3. The van der Waals surface area contributed by atoms with Crippen molar-refractivity contribution >= 4 is 16.7 Å². The molecule has 0 saturated heterocycles. The number of esters is 1. The summed E-state index contributed by atoms with van der Waals surface area (Å²) >= 11 is 0. The second kappa shape index (κ2) is 8.32. The number of hydrogen-bond donors (Lipinski definition) is 1. The van der Waals surface area contributed by atoms with Gasteiger partial charge in [-0.25, -0.2) is 13.2 Å². The minimum atomic E-state index is -2.48. The van der Waals surface area contributed by atoms with Crippen molar-refractivity contribution in [3.8, 4) is 0 Å². The van der Waals surface area contributed by atoms with Crippen LogP contribution in [0.4, 0.5) is 0 Å². The van der Waals surface area contributed by atoms with E-state index >= 15 is 0 Å². The summed E-state index contributed by atoms with van der Waals surface area (Å²) in [6.07, 6.45) is 2.62. The Morgan fingerprint density at radius 1 is 1.23 bits per heavy atom. The molecule has 0 amide bonds. The summed E-state index contributed by atoms with van der Waals surface area (Å²) < 4.78 is 27.6. The second-order valence-electron chi connectivity index (χ2n) is 5.78. The van der Waals surface area contributed by atoms with Crippen LogP contribution in [-0.4, -0.2) is 27.2 Å². The molecule has 0 aliphatic rings. The molecule has 22 heavy (non-hydrogen) atoms. The van der Waals surface area contributed by atoms with Crippen molar-refractivity contribution in [2.45, 2.75) is 45.4 Å². The molecule has 0 heterocycles. The van der Waals surface area contributed by atoms with E-state index in [1.54, 1.807) is 12.1 Å². The summed E-state index contributed by atoms with van der Waals surface area (Å²) in [5.41, 5.74) is 1.07. The molecule has 2 atom stereocenters. The van der Waals surface area contributed by atoms with E-state index in [-0.39, 0.29) is 17.6 Å². The van der Waals surface area contributed by atoms with Gasteiger partial charge in [0.05, 0.1) is 18.4 Å². The van der Waals surface area contributed by atoms with Gasteiger partial charge in [0, 0.05) is 5.41 Å². The minimum Gasteiger partial charge on any atom is -0.465 e. The molecule has 4 nitrogen and oxygen atoms in total. The van der Waals surface area contributed by atoms with Gasteiger partial charge in [-0.3, -0.25) is 0 Å². The Bertz CT molecular complexity index is 555. The van der Waals surface area contributed by atoms with E-state index in [4.69, 9.17) is 4.74 Å². The maximum Gasteiger partial charge on any atom is 0.337 e. The third-order valence-electron chi connectivity index (χ3n) is 4.54. The van der Waals surface area contributed by atoms with Gasteiger partial charge in [-0.2, -0.15) is 0 Å². The summed E-state index contributed by atoms with van der Waals surface area (Å²) in [7, 11) is -1.13. The van der Waals surface area contributed by atoms with Crippen LogP contribution in [0.3, 0.4) is 0 Å². The minimum absolute atomic E-state index is 0.142. The Morgan fingerprint density at radius 3 is 2.23 bits per heavy atom. The van der Waals surface area contributed by atoms with E-state index in [0.717, 1.165) is 24.8 Å². The Labute approximate surface area is 134 Å². The molecule has 0 spiro atoms. The van der Waals surface area contributed by atoms with Gasteiger partial charge in [-0.15, -0.1) is 0 Å². The number of methoxy groups -OCH3 is 1. The maximum absolute atomic E-state index is 11.5. The number of benzene rings is 1. The fourth-order valence-electron chi connectivity index (χ4n) is 3.12. The molecular formula is C17H26O4S. The molecule has 0 aromatic heterocycles. The van der Waals surface area contributed by atoms with Crippen molar-refractivity contribution in [2.24, 2.45) is 5.92 Å². The number of rotatable bonds is 8. The van der Waals surface area contributed by atoms with Crippen LogP contribution >= 0.6 is 0 Å². The molecule has 1 aromatic rings. The molecule has 0 radical (unpaired) electrons. The first-order valence-corrected chi connectivity index (χ1v) is 9.08. The number of carbonyl (C=O) groups is 1. The molecule has 1 aromatic carbocycles. The lowest BCUT2D eigenvalue weighted by atomic mass is 9.68. The van der Waals surface area contributed by atoms with Gasteiger partial charge in [-0.05, 0) is 30.0 Å². The van der Waals surface area contributed by atoms with Crippen LogP contribution < -0.4 is 0 Å². The standard InChI is InChI=1S/C17H26O4S/c1-5-11-17(12-22(19)20,13(3)6-2)15-9-7-14(8-10-15)16(18)21-4/h7-10,13,22H,5-6,11-12H2,1-4H3. The van der Waals surface area contributed by atoms with Gasteiger partial charge in [0.1, 0.15) is 10.7 Å². The van der Waals surface area contributed by atoms with Crippen molar-refractivity contribution in [3.05, 3.63) is 35.4 Å². The Balaban J connectivity index is 3.32. The topological polar surface area (TPSA) is 60.4 Å². The van der Waals surface area contributed by atoms with E-state index in [9.17, 15) is 13.2 Å². The van der Waals surface area contributed by atoms with Crippen LogP contribution in [0.25, 0.3) is 0 Å². The largest absolute Gasteiger partial charge is 0.465 e. The highest BCUT2D eigenvalue weighted by Crippen LogP contribution is 2.39. The fraction of sp³-hybridized carbons (Fsp3) is 0.588. The monoisotopic (exact) mass is 326 g/mol. The number of hydrogen-bond acceptors (Lipinski definition) is 4. The average Bonchev–Trinajstić information content (AvgIpc) is 2.52. The number of thiol groups is 1. The van der Waals surface area contributed by atoms with E-state index in [1.807, 2.05) is 12.1 Å². The van der Waals surface area contributed by atoms with Crippen LogP contribution in [0.5, 0.6) is 0 Å². The van der Waals surface area contributed by atoms with Crippen LogP contribution in [0.2, 0.25) is 0 Å². The molecule has 0 fully saturated rings. The van der Waals surface area contributed by atoms with Gasteiger partial charge < -0.3 is 4.74 Å². The predicted molar refractivity (Wildman–Crippen MR) is 89.0 cm³/mol. The molecule has 1 rings (SSSR count). The Hall–Kier alpha value is -1.36. The zero-order valence-corrected chi connectivity index (χ0v) is 14.7. The van der Waals surface area contributed by atoms with E-state index in [0.29, 0.717) is 5.56 Å². The van der Waals surface area contributed by atoms with E-state index < -0.39 is 16.1 Å². The third-order valence-corrected chi connectivity index (χ3v) is 5.37. The van der Waals surface area contributed by atoms with Crippen LogP contribution in [0.1, 0.15) is 56.0 Å². The first-order valence-electron chi connectivity index (χ1n) is 7.71. The molecular weight excluding hydrogens is 300 g/mol. The summed E-state index contributed by atoms with van der Waals surface area (Å²) in [4.78, 5) is 11.5. The highest BCUT2D eigenvalue weighted by Gasteiger charge is 2.37. The SMILES string of the molecule is CCCC(C[SH](=O)=O)(c1ccc(C(=O)OC)cc1)C(C)CC. The highest BCUT2D eigenvalue weighted by atomic mass is 32.2. The molecule has 0 aliphatic carbocycles. The quantitative estimate of drug-likeness (QED) is 0.589. The first-order chi connectivity index (χ1) is 10.4. The lowest BCUT2D eigenvalue weighted by molar-refractivity contribution is 0.0600. The zero-order chi connectivity index (χ0) is 16.8. The molecule has 0 aliphatic heterocycles. The van der Waals surface area contributed by atoms with Gasteiger partial charge in [0.2, 0.25) is 0 Å². The third kappa shape index (κ3) is 4.09. The molecule has 124 valence electrons. The lowest BCUT2D eigenvalue weighted by Crippen LogP contribution is -2.38. The lowest BCUT2D eigenvalue weighted by Gasteiger charge is -2.38. The Morgan fingerprint density at radius 2 is 1.82 bits per heavy atom. The van der Waals surface area contributed by atoms with E-state index in [2.05, 4.69) is 20.8 Å². The van der Waals surface area contributed by atoms with Crippen molar-refractivity contribution in [1.82, 2.24) is 0 Å². The van der Waals surface area contributed by atoms with E-state index in [1.165, 1.54) is 7.11 Å². The maximum atomic E-state index is 11.5. The van der Waals surface area contributed by atoms with Crippen LogP contribution in [-0.2, 0) is 20.9 Å². The van der Waals surface area contributed by atoms with Crippen LogP contribution in [0, 0.1) is 5.92 Å². The smallest absolute Gasteiger partial charge is 0.337 e. The van der Waals surface area contributed by atoms with Crippen molar-refractivity contribution in [3.63, 3.8) is 0 Å². The zero-order valence-electron chi connectivity index (χ0n) is 13.8. The first kappa shape index (κ1) is 18.7. The van der Waals surface area contributed by atoms with Crippen LogP contribution in [0.15, 0.2) is 24.3 Å².